The Morgan fingerprint density at radius 1 is 0.929 bits per heavy atom. The Labute approximate surface area is 176 Å². The predicted octanol–water partition coefficient (Wildman–Crippen LogP) is 6.36. The van der Waals surface area contributed by atoms with Gasteiger partial charge in [0.2, 0.25) is 0 Å². The third kappa shape index (κ3) is 4.78. The lowest BCUT2D eigenvalue weighted by Gasteiger charge is -2.30. The lowest BCUT2D eigenvalue weighted by Crippen LogP contribution is -2.36. The highest BCUT2D eigenvalue weighted by atomic mass is 35.5. The smallest absolute Gasteiger partial charge is 0.127 e. The molecule has 0 spiro atoms. The van der Waals surface area contributed by atoms with E-state index in [-0.39, 0.29) is 0 Å². The number of para-hydroxylation sites is 1. The van der Waals surface area contributed by atoms with Gasteiger partial charge in [0.05, 0.1) is 5.52 Å². The standard InChI is InChI=1S/C23H25Cl2N3/c1-15-10-23(28-22-5-3-2-4-21(15)22)27-20-8-6-19(7-9-20)26-14-16-11-17(24)13-18(25)12-16/h2-5,10-13,19-20,26H,6-9,14H2,1H3,(H,27,28)/t19-,20+. The van der Waals surface area contributed by atoms with Crippen LogP contribution in [0.4, 0.5) is 5.82 Å². The van der Waals surface area contributed by atoms with Crippen molar-refractivity contribution in [3.8, 4) is 0 Å². The molecular weight excluding hydrogens is 389 g/mol. The Hall–Kier alpha value is -1.81. The summed E-state index contributed by atoms with van der Waals surface area (Å²) in [6, 6.07) is 17.2. The fourth-order valence-corrected chi connectivity index (χ4v) is 4.62. The monoisotopic (exact) mass is 413 g/mol. The molecule has 5 heteroatoms. The number of nitrogens with zero attached hydrogens (tertiary/aromatic N) is 1. The van der Waals surface area contributed by atoms with Gasteiger partial charge in [0.15, 0.2) is 0 Å². The molecule has 1 heterocycles. The zero-order valence-electron chi connectivity index (χ0n) is 16.0. The predicted molar refractivity (Wildman–Crippen MR) is 119 cm³/mol. The maximum absolute atomic E-state index is 6.09. The van der Waals surface area contributed by atoms with Gasteiger partial charge in [-0.1, -0.05) is 41.4 Å². The molecule has 0 radical (unpaired) electrons. The van der Waals surface area contributed by atoms with Crippen LogP contribution in [0.2, 0.25) is 10.0 Å². The van der Waals surface area contributed by atoms with E-state index in [0.29, 0.717) is 22.1 Å². The van der Waals surface area contributed by atoms with Gasteiger partial charge in [0.25, 0.3) is 0 Å². The molecule has 1 aliphatic carbocycles. The van der Waals surface area contributed by atoms with E-state index in [1.807, 2.05) is 18.2 Å². The Balaban J connectivity index is 1.31. The first kappa shape index (κ1) is 19.5. The molecule has 3 aromatic rings. The van der Waals surface area contributed by atoms with Crippen LogP contribution in [0, 0.1) is 6.92 Å². The normalized spacial score (nSPS) is 19.7. The first-order chi connectivity index (χ1) is 13.6. The van der Waals surface area contributed by atoms with Gasteiger partial charge in [-0.25, -0.2) is 4.98 Å². The third-order valence-electron chi connectivity index (χ3n) is 5.52. The van der Waals surface area contributed by atoms with E-state index in [4.69, 9.17) is 28.2 Å². The van der Waals surface area contributed by atoms with Crippen LogP contribution in [-0.4, -0.2) is 17.1 Å². The van der Waals surface area contributed by atoms with Crippen LogP contribution < -0.4 is 10.6 Å². The number of halogens is 2. The molecule has 4 rings (SSSR count). The first-order valence-electron chi connectivity index (χ1n) is 9.88. The van der Waals surface area contributed by atoms with Crippen molar-refractivity contribution < 1.29 is 0 Å². The SMILES string of the molecule is Cc1cc(N[C@H]2CC[C@@H](NCc3cc(Cl)cc(Cl)c3)CC2)nc2ccccc12. The lowest BCUT2D eigenvalue weighted by atomic mass is 9.91. The number of anilines is 1. The lowest BCUT2D eigenvalue weighted by molar-refractivity contribution is 0.352. The minimum Gasteiger partial charge on any atom is -0.367 e. The van der Waals surface area contributed by atoms with Crippen LogP contribution in [0.1, 0.15) is 36.8 Å². The molecular formula is C23H25Cl2N3. The molecule has 0 saturated heterocycles. The minimum absolute atomic E-state index is 0.478. The third-order valence-corrected chi connectivity index (χ3v) is 5.96. The summed E-state index contributed by atoms with van der Waals surface area (Å²) in [5.74, 6) is 0.987. The van der Waals surface area contributed by atoms with Crippen molar-refractivity contribution >= 4 is 39.9 Å². The van der Waals surface area contributed by atoms with E-state index in [1.54, 1.807) is 6.07 Å². The summed E-state index contributed by atoms with van der Waals surface area (Å²) in [4.78, 5) is 4.79. The molecule has 0 unspecified atom stereocenters. The van der Waals surface area contributed by atoms with Crippen LogP contribution in [0.5, 0.6) is 0 Å². The molecule has 2 N–H and O–H groups in total. The van der Waals surface area contributed by atoms with Crippen LogP contribution in [0.25, 0.3) is 10.9 Å². The second-order valence-electron chi connectivity index (χ2n) is 7.69. The van der Waals surface area contributed by atoms with E-state index in [1.165, 1.54) is 10.9 Å². The van der Waals surface area contributed by atoms with Crippen molar-refractivity contribution in [2.24, 2.45) is 0 Å². The summed E-state index contributed by atoms with van der Waals surface area (Å²) < 4.78 is 0. The summed E-state index contributed by atoms with van der Waals surface area (Å²) >= 11 is 12.2. The summed E-state index contributed by atoms with van der Waals surface area (Å²) in [6.45, 7) is 2.95. The van der Waals surface area contributed by atoms with Crippen molar-refractivity contribution in [1.29, 1.82) is 0 Å². The molecule has 28 heavy (non-hydrogen) atoms. The van der Waals surface area contributed by atoms with E-state index in [2.05, 4.69) is 41.8 Å². The van der Waals surface area contributed by atoms with Crippen molar-refractivity contribution in [3.63, 3.8) is 0 Å². The van der Waals surface area contributed by atoms with Gasteiger partial charge in [0.1, 0.15) is 5.82 Å². The molecule has 0 amide bonds. The molecule has 1 aromatic heterocycles. The van der Waals surface area contributed by atoms with Crippen molar-refractivity contribution in [1.82, 2.24) is 10.3 Å². The van der Waals surface area contributed by atoms with E-state index < -0.39 is 0 Å². The Kier molecular flexibility index (Phi) is 6.05. The Morgan fingerprint density at radius 2 is 1.61 bits per heavy atom. The van der Waals surface area contributed by atoms with Crippen molar-refractivity contribution in [2.75, 3.05) is 5.32 Å². The summed E-state index contributed by atoms with van der Waals surface area (Å²) in [5, 5.41) is 9.90. The first-order valence-corrected chi connectivity index (χ1v) is 10.6. The molecule has 0 atom stereocenters. The van der Waals surface area contributed by atoms with Crippen LogP contribution in [0.3, 0.4) is 0 Å². The Bertz CT molecular complexity index is 945. The zero-order chi connectivity index (χ0) is 19.5. The van der Waals surface area contributed by atoms with E-state index >= 15 is 0 Å². The summed E-state index contributed by atoms with van der Waals surface area (Å²) in [5.41, 5.74) is 3.46. The van der Waals surface area contributed by atoms with Gasteiger partial charge in [-0.05, 0) is 74.1 Å². The molecule has 1 aliphatic rings. The fraction of sp³-hybridized carbons (Fsp3) is 0.348. The van der Waals surface area contributed by atoms with Gasteiger partial charge in [-0.3, -0.25) is 0 Å². The second-order valence-corrected chi connectivity index (χ2v) is 8.57. The number of hydrogen-bond acceptors (Lipinski definition) is 3. The summed E-state index contributed by atoms with van der Waals surface area (Å²) in [6.07, 6.45) is 4.58. The second kappa shape index (κ2) is 8.69. The minimum atomic E-state index is 0.478. The highest BCUT2D eigenvalue weighted by Gasteiger charge is 2.21. The fourth-order valence-electron chi connectivity index (χ4n) is 4.05. The van der Waals surface area contributed by atoms with Gasteiger partial charge in [-0.2, -0.15) is 0 Å². The average Bonchev–Trinajstić information content (AvgIpc) is 2.67. The molecule has 2 aromatic carbocycles. The largest absolute Gasteiger partial charge is 0.367 e. The number of benzene rings is 2. The number of hydrogen-bond donors (Lipinski definition) is 2. The number of fused-ring (bicyclic) bond motifs is 1. The van der Waals surface area contributed by atoms with Crippen molar-refractivity contribution in [2.45, 2.75) is 51.2 Å². The molecule has 0 aliphatic heterocycles. The van der Waals surface area contributed by atoms with Gasteiger partial charge >= 0.3 is 0 Å². The molecule has 1 saturated carbocycles. The van der Waals surface area contributed by atoms with Crippen LogP contribution in [0.15, 0.2) is 48.5 Å². The van der Waals surface area contributed by atoms with Gasteiger partial charge < -0.3 is 10.6 Å². The molecule has 3 nitrogen and oxygen atoms in total. The number of aromatic nitrogens is 1. The Morgan fingerprint density at radius 3 is 2.36 bits per heavy atom. The van der Waals surface area contributed by atoms with E-state index in [9.17, 15) is 0 Å². The number of aryl methyl sites for hydroxylation is 1. The molecule has 0 bridgehead atoms. The van der Waals surface area contributed by atoms with E-state index in [0.717, 1.165) is 49.1 Å². The average molecular weight is 414 g/mol. The molecule has 146 valence electrons. The number of nitrogens with one attached hydrogen (secondary N) is 2. The maximum atomic E-state index is 6.09. The van der Waals surface area contributed by atoms with Crippen LogP contribution in [-0.2, 0) is 6.54 Å². The highest BCUT2D eigenvalue weighted by molar-refractivity contribution is 6.34. The quantitative estimate of drug-likeness (QED) is 0.510. The topological polar surface area (TPSA) is 37.0 Å². The maximum Gasteiger partial charge on any atom is 0.127 e. The van der Waals surface area contributed by atoms with Crippen molar-refractivity contribution in [3.05, 3.63) is 69.7 Å². The number of rotatable bonds is 5. The van der Waals surface area contributed by atoms with Gasteiger partial charge in [-0.15, -0.1) is 0 Å². The molecule has 1 fully saturated rings. The number of pyridine rings is 1. The van der Waals surface area contributed by atoms with Crippen LogP contribution >= 0.6 is 23.2 Å². The summed E-state index contributed by atoms with van der Waals surface area (Å²) in [7, 11) is 0. The zero-order valence-corrected chi connectivity index (χ0v) is 17.5. The van der Waals surface area contributed by atoms with Gasteiger partial charge in [0, 0.05) is 34.1 Å². The highest BCUT2D eigenvalue weighted by Crippen LogP contribution is 2.25.